The molecule has 31 heavy (non-hydrogen) atoms. The van der Waals surface area contributed by atoms with Crippen LogP contribution in [0.2, 0.25) is 0 Å². The number of carbonyl (C=O) groups excluding carboxylic acids is 1. The molecule has 1 aliphatic carbocycles. The van der Waals surface area contributed by atoms with Crippen LogP contribution in [0.15, 0.2) is 34.2 Å². The number of hydrogen-bond donors (Lipinski definition) is 0. The molecule has 0 saturated heterocycles. The van der Waals surface area contributed by atoms with Crippen LogP contribution in [0.1, 0.15) is 41.7 Å². The molecule has 3 heterocycles. The normalized spacial score (nSPS) is 16.0. The molecule has 3 aromatic heterocycles. The lowest BCUT2D eigenvalue weighted by Crippen LogP contribution is -2.22. The van der Waals surface area contributed by atoms with Crippen molar-refractivity contribution in [3.63, 3.8) is 0 Å². The largest absolute Gasteiger partial charge is 0.468 e. The first kappa shape index (κ1) is 20.3. The average Bonchev–Trinajstić information content (AvgIpc) is 3.35. The second kappa shape index (κ2) is 7.80. The maximum absolute atomic E-state index is 13.8. The molecule has 0 saturated carbocycles. The summed E-state index contributed by atoms with van der Waals surface area (Å²) in [6, 6.07) is 7.83. The molecule has 0 spiro atoms. The smallest absolute Gasteiger partial charge is 0.316 e. The van der Waals surface area contributed by atoms with Gasteiger partial charge in [0, 0.05) is 4.88 Å². The molecule has 7 nitrogen and oxygen atoms in total. The summed E-state index contributed by atoms with van der Waals surface area (Å²) in [4.78, 5) is 27.7. The molecule has 0 radical (unpaired) electrons. The average molecular weight is 455 g/mol. The Hall–Kier alpha value is -2.65. The van der Waals surface area contributed by atoms with E-state index in [1.807, 2.05) is 35.6 Å². The molecule has 4 aromatic rings. The molecule has 0 fully saturated rings. The van der Waals surface area contributed by atoms with E-state index in [4.69, 9.17) is 4.74 Å². The number of fused-ring (bicyclic) bond motifs is 5. The molecule has 1 aromatic carbocycles. The Labute approximate surface area is 187 Å². The van der Waals surface area contributed by atoms with Crippen LogP contribution in [0.3, 0.4) is 0 Å². The van der Waals surface area contributed by atoms with E-state index in [0.717, 1.165) is 46.3 Å². The molecule has 0 aliphatic heterocycles. The van der Waals surface area contributed by atoms with Gasteiger partial charge in [-0.1, -0.05) is 36.4 Å². The third-order valence-electron chi connectivity index (χ3n) is 5.81. The van der Waals surface area contributed by atoms with Crippen LogP contribution >= 0.6 is 23.1 Å². The van der Waals surface area contributed by atoms with Gasteiger partial charge in [-0.3, -0.25) is 9.59 Å². The Kier molecular flexibility index (Phi) is 5.10. The predicted octanol–water partition coefficient (Wildman–Crippen LogP) is 4.11. The summed E-state index contributed by atoms with van der Waals surface area (Å²) in [5.41, 5.74) is 2.97. The third-order valence-corrected chi connectivity index (χ3v) is 7.97. The number of benzene rings is 1. The maximum atomic E-state index is 13.8. The molecule has 5 rings (SSSR count). The highest BCUT2D eigenvalue weighted by Crippen LogP contribution is 2.41. The SMILES string of the molecule is COC(=O)CSc1nnc2n(-c3ccc(C)cc3)c(=O)c3c4c(sc3n12)CCC[C@@H]4C. The molecule has 9 heteroatoms. The van der Waals surface area contributed by atoms with Gasteiger partial charge in [-0.05, 0) is 49.8 Å². The number of thioether (sulfide) groups is 1. The fourth-order valence-electron chi connectivity index (χ4n) is 4.25. The van der Waals surface area contributed by atoms with Gasteiger partial charge in [0.1, 0.15) is 4.83 Å². The first-order valence-electron chi connectivity index (χ1n) is 10.2. The summed E-state index contributed by atoms with van der Waals surface area (Å²) in [6.45, 7) is 4.21. The van der Waals surface area contributed by atoms with E-state index in [2.05, 4.69) is 17.1 Å². The molecule has 1 atom stereocenters. The second-order valence-electron chi connectivity index (χ2n) is 7.87. The minimum atomic E-state index is -0.330. The third kappa shape index (κ3) is 3.27. The lowest BCUT2D eigenvalue weighted by atomic mass is 9.88. The van der Waals surface area contributed by atoms with Crippen molar-refractivity contribution in [2.24, 2.45) is 0 Å². The zero-order chi connectivity index (χ0) is 21.7. The van der Waals surface area contributed by atoms with Gasteiger partial charge < -0.3 is 4.74 Å². The van der Waals surface area contributed by atoms with Gasteiger partial charge in [0.05, 0.1) is 23.9 Å². The highest BCUT2D eigenvalue weighted by Gasteiger charge is 2.28. The molecular formula is C22H22N4O3S2. The van der Waals surface area contributed by atoms with Crippen molar-refractivity contribution >= 4 is 45.1 Å². The number of ether oxygens (including phenoxy) is 1. The van der Waals surface area contributed by atoms with Crippen molar-refractivity contribution in [2.45, 2.75) is 44.2 Å². The molecule has 0 N–H and O–H groups in total. The van der Waals surface area contributed by atoms with Crippen molar-refractivity contribution in [1.82, 2.24) is 19.2 Å². The highest BCUT2D eigenvalue weighted by atomic mass is 32.2. The molecule has 0 unspecified atom stereocenters. The summed E-state index contributed by atoms with van der Waals surface area (Å²) in [6.07, 6.45) is 3.19. The number of aryl methyl sites for hydroxylation is 2. The Morgan fingerprint density at radius 1 is 1.29 bits per heavy atom. The van der Waals surface area contributed by atoms with Crippen LogP contribution in [0.4, 0.5) is 0 Å². The molecule has 1 aliphatic rings. The number of carbonyl (C=O) groups is 1. The number of thiophene rings is 1. The van der Waals surface area contributed by atoms with Crippen molar-refractivity contribution in [3.8, 4) is 5.69 Å². The first-order valence-corrected chi connectivity index (χ1v) is 12.0. The molecule has 160 valence electrons. The number of methoxy groups -OCH3 is 1. The lowest BCUT2D eigenvalue weighted by Gasteiger charge is -2.18. The van der Waals surface area contributed by atoms with E-state index in [1.54, 1.807) is 15.9 Å². The van der Waals surface area contributed by atoms with Gasteiger partial charge in [-0.15, -0.1) is 21.5 Å². The van der Waals surface area contributed by atoms with Gasteiger partial charge in [-0.25, -0.2) is 8.97 Å². The van der Waals surface area contributed by atoms with Gasteiger partial charge in [-0.2, -0.15) is 0 Å². The van der Waals surface area contributed by atoms with Crippen molar-refractivity contribution in [2.75, 3.05) is 12.9 Å². The van der Waals surface area contributed by atoms with Crippen LogP contribution < -0.4 is 5.56 Å². The zero-order valence-corrected chi connectivity index (χ0v) is 19.2. The second-order valence-corrected chi connectivity index (χ2v) is 9.90. The van der Waals surface area contributed by atoms with Crippen LogP contribution in [-0.4, -0.2) is 38.0 Å². The molecule has 0 amide bonds. The summed E-state index contributed by atoms with van der Waals surface area (Å²) in [5.74, 6) is 0.588. The van der Waals surface area contributed by atoms with Crippen LogP contribution in [0.25, 0.3) is 21.7 Å². The fourth-order valence-corrected chi connectivity index (χ4v) is 6.53. The molecule has 0 bridgehead atoms. The lowest BCUT2D eigenvalue weighted by molar-refractivity contribution is -0.137. The number of hydrogen-bond acceptors (Lipinski definition) is 7. The number of nitrogens with zero attached hydrogens (tertiary/aromatic N) is 4. The minimum absolute atomic E-state index is 0.0606. The summed E-state index contributed by atoms with van der Waals surface area (Å²) in [7, 11) is 1.37. The highest BCUT2D eigenvalue weighted by molar-refractivity contribution is 7.99. The van der Waals surface area contributed by atoms with E-state index in [0.29, 0.717) is 16.9 Å². The minimum Gasteiger partial charge on any atom is -0.468 e. The Bertz CT molecular complexity index is 1370. The van der Waals surface area contributed by atoms with Gasteiger partial charge in [0.2, 0.25) is 5.78 Å². The van der Waals surface area contributed by atoms with Gasteiger partial charge in [0.15, 0.2) is 5.16 Å². The van der Waals surface area contributed by atoms with Crippen LogP contribution in [0, 0.1) is 6.92 Å². The first-order chi connectivity index (χ1) is 15.0. The van der Waals surface area contributed by atoms with Crippen molar-refractivity contribution < 1.29 is 9.53 Å². The van der Waals surface area contributed by atoms with Gasteiger partial charge in [0.25, 0.3) is 5.56 Å². The summed E-state index contributed by atoms with van der Waals surface area (Å²) in [5, 5.41) is 10.0. The van der Waals surface area contributed by atoms with E-state index in [-0.39, 0.29) is 17.3 Å². The topological polar surface area (TPSA) is 78.5 Å². The Morgan fingerprint density at radius 2 is 2.06 bits per heavy atom. The summed E-state index contributed by atoms with van der Waals surface area (Å²) < 4.78 is 8.36. The predicted molar refractivity (Wildman–Crippen MR) is 123 cm³/mol. The Morgan fingerprint density at radius 3 is 2.81 bits per heavy atom. The Balaban J connectivity index is 1.85. The van der Waals surface area contributed by atoms with Crippen LogP contribution in [0.5, 0.6) is 0 Å². The van der Waals surface area contributed by atoms with Gasteiger partial charge >= 0.3 is 5.97 Å². The van der Waals surface area contributed by atoms with Crippen molar-refractivity contribution in [1.29, 1.82) is 0 Å². The summed E-state index contributed by atoms with van der Waals surface area (Å²) >= 11 is 2.92. The monoisotopic (exact) mass is 454 g/mol. The van der Waals surface area contributed by atoms with Crippen LogP contribution in [-0.2, 0) is 16.0 Å². The maximum Gasteiger partial charge on any atom is 0.316 e. The number of aromatic nitrogens is 4. The van der Waals surface area contributed by atoms with E-state index >= 15 is 0 Å². The van der Waals surface area contributed by atoms with Crippen molar-refractivity contribution in [3.05, 3.63) is 50.6 Å². The quantitative estimate of drug-likeness (QED) is 0.341. The number of esters is 1. The number of rotatable bonds is 4. The zero-order valence-electron chi connectivity index (χ0n) is 17.5. The van der Waals surface area contributed by atoms with E-state index in [9.17, 15) is 9.59 Å². The van der Waals surface area contributed by atoms with E-state index in [1.165, 1.54) is 23.7 Å². The molecular weight excluding hydrogens is 432 g/mol. The standard InChI is InChI=1S/C22H22N4O3S2/c1-12-7-9-14(10-8-12)25-19(28)18-17-13(2)5-4-6-15(17)31-20(18)26-21(25)23-24-22(26)30-11-16(27)29-3/h7-10,13H,4-6,11H2,1-3H3/t13-/m0/s1. The fraction of sp³-hybridized carbons (Fsp3) is 0.364. The van der Waals surface area contributed by atoms with E-state index < -0.39 is 0 Å².